The van der Waals surface area contributed by atoms with Crippen LogP contribution >= 0.6 is 11.3 Å². The monoisotopic (exact) mass is 478 g/mol. The second-order valence-electron chi connectivity index (χ2n) is 7.71. The number of aliphatic hydroxyl groups excluding tert-OH is 1. The van der Waals surface area contributed by atoms with Gasteiger partial charge in [0.1, 0.15) is 16.4 Å². The van der Waals surface area contributed by atoms with E-state index in [2.05, 4.69) is 4.98 Å². The summed E-state index contributed by atoms with van der Waals surface area (Å²) in [6, 6.07) is 12.9. The number of anilines is 1. The molecular formula is C25H22N2O6S. The molecule has 1 aromatic heterocycles. The Labute approximate surface area is 200 Å². The first-order valence-electron chi connectivity index (χ1n) is 10.3. The third-order valence-electron chi connectivity index (χ3n) is 5.56. The van der Waals surface area contributed by atoms with Gasteiger partial charge in [-0.3, -0.25) is 14.5 Å². The summed E-state index contributed by atoms with van der Waals surface area (Å²) >= 11 is 0.951. The van der Waals surface area contributed by atoms with E-state index in [1.54, 1.807) is 55.5 Å². The molecule has 9 heteroatoms. The number of hydrogen-bond acceptors (Lipinski definition) is 8. The average molecular weight is 479 g/mol. The lowest BCUT2D eigenvalue weighted by molar-refractivity contribution is -0.132. The smallest absolute Gasteiger partial charge is 0.350 e. The second-order valence-corrected chi connectivity index (χ2v) is 8.69. The Morgan fingerprint density at radius 1 is 1.03 bits per heavy atom. The van der Waals surface area contributed by atoms with Crippen molar-refractivity contribution in [3.05, 3.63) is 81.4 Å². The summed E-state index contributed by atoms with van der Waals surface area (Å²) in [6.45, 7) is 3.53. The quantitative estimate of drug-likeness (QED) is 0.254. The number of aromatic nitrogens is 1. The number of ether oxygens (including phenoxy) is 2. The summed E-state index contributed by atoms with van der Waals surface area (Å²) in [5.74, 6) is -1.97. The van der Waals surface area contributed by atoms with Crippen molar-refractivity contribution in [3.8, 4) is 5.75 Å². The molecule has 0 bridgehead atoms. The van der Waals surface area contributed by atoms with E-state index in [0.29, 0.717) is 22.6 Å². The van der Waals surface area contributed by atoms with E-state index in [4.69, 9.17) is 9.47 Å². The fourth-order valence-corrected chi connectivity index (χ4v) is 4.78. The minimum absolute atomic E-state index is 0.0634. The van der Waals surface area contributed by atoms with Gasteiger partial charge in [0.05, 0.1) is 31.5 Å². The minimum atomic E-state index is -0.955. The normalized spacial score (nSPS) is 17.2. The van der Waals surface area contributed by atoms with Gasteiger partial charge in [0, 0.05) is 5.56 Å². The lowest BCUT2D eigenvalue weighted by atomic mass is 9.95. The van der Waals surface area contributed by atoms with Crippen LogP contribution in [-0.2, 0) is 14.3 Å². The summed E-state index contributed by atoms with van der Waals surface area (Å²) in [6.07, 6.45) is 0. The molecular weight excluding hydrogens is 456 g/mol. The van der Waals surface area contributed by atoms with E-state index >= 15 is 0 Å². The van der Waals surface area contributed by atoms with Crippen molar-refractivity contribution in [1.82, 2.24) is 4.98 Å². The number of aliphatic hydroxyl groups is 1. The van der Waals surface area contributed by atoms with Crippen LogP contribution in [0.25, 0.3) is 5.76 Å². The Hall–Kier alpha value is -3.98. The predicted molar refractivity (Wildman–Crippen MR) is 127 cm³/mol. The van der Waals surface area contributed by atoms with Crippen molar-refractivity contribution in [2.24, 2.45) is 0 Å². The molecule has 3 aromatic rings. The summed E-state index contributed by atoms with van der Waals surface area (Å²) in [5.41, 5.74) is 2.28. The number of carbonyl (C=O) groups excluding carboxylic acids is 3. The molecule has 34 heavy (non-hydrogen) atoms. The van der Waals surface area contributed by atoms with Crippen LogP contribution in [0.1, 0.15) is 38.1 Å². The largest absolute Gasteiger partial charge is 0.507 e. The van der Waals surface area contributed by atoms with Crippen molar-refractivity contribution < 1.29 is 29.0 Å². The Bertz CT molecular complexity index is 1310. The van der Waals surface area contributed by atoms with Crippen molar-refractivity contribution in [1.29, 1.82) is 0 Å². The maximum absolute atomic E-state index is 13.2. The first-order chi connectivity index (χ1) is 16.3. The second kappa shape index (κ2) is 9.11. The lowest BCUT2D eigenvalue weighted by Crippen LogP contribution is -2.29. The molecule has 1 saturated heterocycles. The van der Waals surface area contributed by atoms with Crippen LogP contribution in [0.4, 0.5) is 5.13 Å². The van der Waals surface area contributed by atoms with Crippen molar-refractivity contribution in [2.75, 3.05) is 19.1 Å². The number of nitrogens with zero attached hydrogens (tertiary/aromatic N) is 2. The molecule has 0 radical (unpaired) electrons. The number of methoxy groups -OCH3 is 2. The van der Waals surface area contributed by atoms with Crippen LogP contribution in [-0.4, -0.2) is 42.0 Å². The van der Waals surface area contributed by atoms with E-state index in [0.717, 1.165) is 16.9 Å². The third-order valence-corrected chi connectivity index (χ3v) is 6.70. The number of hydrogen-bond donors (Lipinski definition) is 1. The molecule has 0 aliphatic carbocycles. The highest BCUT2D eigenvalue weighted by Crippen LogP contribution is 2.44. The summed E-state index contributed by atoms with van der Waals surface area (Å²) in [4.78, 5) is 44.4. The van der Waals surface area contributed by atoms with Crippen LogP contribution in [0.5, 0.6) is 5.75 Å². The summed E-state index contributed by atoms with van der Waals surface area (Å²) < 4.78 is 10.0. The highest BCUT2D eigenvalue weighted by molar-refractivity contribution is 7.17. The number of Topliss-reactive ketones (excluding diaryl/α,β-unsaturated/α-hetero) is 1. The molecule has 1 amide bonds. The molecule has 1 aliphatic heterocycles. The van der Waals surface area contributed by atoms with Gasteiger partial charge >= 0.3 is 11.9 Å². The van der Waals surface area contributed by atoms with Gasteiger partial charge in [-0.15, -0.1) is 0 Å². The topological polar surface area (TPSA) is 106 Å². The van der Waals surface area contributed by atoms with Gasteiger partial charge in [-0.1, -0.05) is 53.3 Å². The van der Waals surface area contributed by atoms with Gasteiger partial charge in [-0.05, 0) is 31.5 Å². The molecule has 1 fully saturated rings. The van der Waals surface area contributed by atoms with Crippen molar-refractivity contribution in [3.63, 3.8) is 0 Å². The maximum Gasteiger partial charge on any atom is 0.350 e. The molecule has 0 spiro atoms. The number of esters is 1. The number of rotatable bonds is 5. The Balaban J connectivity index is 1.92. The van der Waals surface area contributed by atoms with E-state index < -0.39 is 23.7 Å². The van der Waals surface area contributed by atoms with E-state index in [9.17, 15) is 19.5 Å². The van der Waals surface area contributed by atoms with Gasteiger partial charge in [0.25, 0.3) is 5.78 Å². The predicted octanol–water partition coefficient (Wildman–Crippen LogP) is 4.18. The van der Waals surface area contributed by atoms with E-state index in [1.165, 1.54) is 19.1 Å². The van der Waals surface area contributed by atoms with Crippen LogP contribution in [0, 0.1) is 13.8 Å². The van der Waals surface area contributed by atoms with Gasteiger partial charge < -0.3 is 14.6 Å². The standard InChI is InChI=1S/C25H22N2O6S/c1-13-5-7-16(8-6-13)20(28)18-19(15-9-11-17(32-3)12-10-15)27(23(30)21(18)29)25-26-14(2)22(34-25)24(31)33-4/h5-12,19,28H,1-4H3/t19-/m0/s1. The van der Waals surface area contributed by atoms with Crippen molar-refractivity contribution in [2.45, 2.75) is 19.9 Å². The third kappa shape index (κ3) is 3.94. The molecule has 174 valence electrons. The Morgan fingerprint density at radius 3 is 2.26 bits per heavy atom. The van der Waals surface area contributed by atoms with Crippen LogP contribution in [0.15, 0.2) is 54.1 Å². The van der Waals surface area contributed by atoms with Crippen molar-refractivity contribution >= 4 is 39.9 Å². The molecule has 2 heterocycles. The molecule has 1 N–H and O–H groups in total. The zero-order chi connectivity index (χ0) is 24.6. The van der Waals surface area contributed by atoms with Crippen LogP contribution < -0.4 is 9.64 Å². The van der Waals surface area contributed by atoms with Crippen LogP contribution in [0.2, 0.25) is 0 Å². The van der Waals surface area contributed by atoms with Gasteiger partial charge in [0.15, 0.2) is 5.13 Å². The van der Waals surface area contributed by atoms with Gasteiger partial charge in [-0.25, -0.2) is 9.78 Å². The highest BCUT2D eigenvalue weighted by atomic mass is 32.1. The van der Waals surface area contributed by atoms with Gasteiger partial charge in [0.2, 0.25) is 0 Å². The molecule has 1 atom stereocenters. The molecule has 8 nitrogen and oxygen atoms in total. The molecule has 4 rings (SSSR count). The number of ketones is 1. The first kappa shape index (κ1) is 23.2. The minimum Gasteiger partial charge on any atom is -0.507 e. The SMILES string of the molecule is COC(=O)c1sc(N2C(=O)C(=O)C(=C(O)c3ccc(C)cc3)[C@@H]2c2ccc(OC)cc2)nc1C. The fraction of sp³-hybridized carbons (Fsp3) is 0.200. The zero-order valence-corrected chi connectivity index (χ0v) is 19.8. The first-order valence-corrected chi connectivity index (χ1v) is 11.2. The number of benzene rings is 2. The lowest BCUT2D eigenvalue weighted by Gasteiger charge is -2.23. The summed E-state index contributed by atoms with van der Waals surface area (Å²) in [5, 5.41) is 11.3. The molecule has 2 aromatic carbocycles. The Kier molecular flexibility index (Phi) is 6.21. The molecule has 1 aliphatic rings. The number of carbonyl (C=O) groups is 3. The Morgan fingerprint density at radius 2 is 1.68 bits per heavy atom. The fourth-order valence-electron chi connectivity index (χ4n) is 3.77. The number of thiazole rings is 1. The zero-order valence-electron chi connectivity index (χ0n) is 19.0. The molecule has 0 saturated carbocycles. The van der Waals surface area contributed by atoms with Crippen LogP contribution in [0.3, 0.4) is 0 Å². The molecule has 0 unspecified atom stereocenters. The number of aryl methyl sites for hydroxylation is 2. The van der Waals surface area contributed by atoms with E-state index in [1.807, 2.05) is 6.92 Å². The highest BCUT2D eigenvalue weighted by Gasteiger charge is 2.48. The average Bonchev–Trinajstić information content (AvgIpc) is 3.35. The summed E-state index contributed by atoms with van der Waals surface area (Å²) in [7, 11) is 2.79. The van der Waals surface area contributed by atoms with E-state index in [-0.39, 0.29) is 21.3 Å². The van der Waals surface area contributed by atoms with Gasteiger partial charge in [-0.2, -0.15) is 0 Å². The number of amides is 1. The maximum atomic E-state index is 13.2.